The lowest BCUT2D eigenvalue weighted by atomic mass is 10.3. The molecule has 3 rings (SSSR count). The molecule has 0 aromatic carbocycles. The lowest BCUT2D eigenvalue weighted by molar-refractivity contribution is 0.0764. The van der Waals surface area contributed by atoms with E-state index in [9.17, 15) is 9.18 Å². The molecule has 1 unspecified atom stereocenters. The largest absolute Gasteiger partial charge is 0.470 e. The molecule has 1 fully saturated rings. The van der Waals surface area contributed by atoms with Crippen molar-refractivity contribution >= 4 is 5.91 Å². The summed E-state index contributed by atoms with van der Waals surface area (Å²) in [5.74, 6) is -0.715. The lowest BCUT2D eigenvalue weighted by Gasteiger charge is -2.16. The Morgan fingerprint density at radius 1 is 1.39 bits per heavy atom. The molecule has 0 N–H and O–H groups in total. The van der Waals surface area contributed by atoms with Crippen molar-refractivity contribution in [3.05, 3.63) is 47.9 Å². The maximum Gasteiger partial charge on any atom is 0.272 e. The van der Waals surface area contributed by atoms with Gasteiger partial charge in [-0.25, -0.2) is 4.98 Å². The van der Waals surface area contributed by atoms with Crippen molar-refractivity contribution in [2.24, 2.45) is 0 Å². The Labute approximate surface area is 133 Å². The second-order valence-corrected chi connectivity index (χ2v) is 5.29. The highest BCUT2D eigenvalue weighted by Gasteiger charge is 2.30. The molecular weight excluding hydrogens is 299 g/mol. The van der Waals surface area contributed by atoms with Crippen LogP contribution in [-0.2, 0) is 6.42 Å². The minimum absolute atomic E-state index is 0.0472. The number of hydrogen-bond donors (Lipinski definition) is 0. The van der Waals surface area contributed by atoms with E-state index in [4.69, 9.17) is 4.74 Å². The molecule has 2 aromatic heterocycles. The third-order valence-electron chi connectivity index (χ3n) is 3.76. The summed E-state index contributed by atoms with van der Waals surface area (Å²) in [6.45, 7) is 2.76. The van der Waals surface area contributed by atoms with Gasteiger partial charge in [-0.1, -0.05) is 13.0 Å². The van der Waals surface area contributed by atoms with E-state index >= 15 is 0 Å². The average molecular weight is 316 g/mol. The first kappa shape index (κ1) is 15.3. The Morgan fingerprint density at radius 3 is 3.00 bits per heavy atom. The topological polar surface area (TPSA) is 68.2 Å². The molecule has 0 spiro atoms. The average Bonchev–Trinajstić information content (AvgIpc) is 3.05. The van der Waals surface area contributed by atoms with Gasteiger partial charge >= 0.3 is 0 Å². The van der Waals surface area contributed by atoms with Gasteiger partial charge in [0.2, 0.25) is 5.82 Å². The molecule has 0 bridgehead atoms. The van der Waals surface area contributed by atoms with Gasteiger partial charge in [0.15, 0.2) is 0 Å². The van der Waals surface area contributed by atoms with Gasteiger partial charge < -0.3 is 9.64 Å². The molecule has 6 nitrogen and oxygen atoms in total. The Bertz CT molecular complexity index is 696. The van der Waals surface area contributed by atoms with Crippen LogP contribution < -0.4 is 4.74 Å². The van der Waals surface area contributed by atoms with Gasteiger partial charge in [-0.2, -0.15) is 9.37 Å². The molecule has 2 aromatic rings. The first-order valence-corrected chi connectivity index (χ1v) is 7.55. The molecule has 1 atom stereocenters. The van der Waals surface area contributed by atoms with Crippen molar-refractivity contribution in [1.29, 1.82) is 0 Å². The molecule has 120 valence electrons. The standard InChI is InChI=1S/C16H17FN4O2/c1-2-12-14(17)15(20-10-19-12)23-11-6-8-21(9-11)16(22)13-5-3-4-7-18-13/h3-5,7,10-11H,2,6,8-9H2,1H3. The fourth-order valence-corrected chi connectivity index (χ4v) is 2.53. The van der Waals surface area contributed by atoms with Gasteiger partial charge in [-0.05, 0) is 18.6 Å². The highest BCUT2D eigenvalue weighted by molar-refractivity contribution is 5.92. The molecule has 1 saturated heterocycles. The minimum Gasteiger partial charge on any atom is -0.470 e. The highest BCUT2D eigenvalue weighted by Crippen LogP contribution is 2.21. The van der Waals surface area contributed by atoms with Crippen LogP contribution in [0.1, 0.15) is 29.5 Å². The summed E-state index contributed by atoms with van der Waals surface area (Å²) in [5, 5.41) is 0. The number of aryl methyl sites for hydroxylation is 1. The quantitative estimate of drug-likeness (QED) is 0.861. The van der Waals surface area contributed by atoms with Crippen LogP contribution in [-0.4, -0.2) is 45.0 Å². The zero-order chi connectivity index (χ0) is 16.2. The predicted molar refractivity (Wildman–Crippen MR) is 80.5 cm³/mol. The van der Waals surface area contributed by atoms with Gasteiger partial charge in [0.05, 0.1) is 12.2 Å². The van der Waals surface area contributed by atoms with E-state index in [1.807, 2.05) is 6.92 Å². The molecule has 3 heterocycles. The van der Waals surface area contributed by atoms with Gasteiger partial charge in [0.25, 0.3) is 11.8 Å². The van der Waals surface area contributed by atoms with Gasteiger partial charge in [0.1, 0.15) is 18.1 Å². The van der Waals surface area contributed by atoms with Crippen LogP contribution in [0.15, 0.2) is 30.7 Å². The molecule has 7 heteroatoms. The zero-order valence-corrected chi connectivity index (χ0v) is 12.8. The smallest absolute Gasteiger partial charge is 0.272 e. The summed E-state index contributed by atoms with van der Waals surface area (Å²) in [4.78, 5) is 25.8. The van der Waals surface area contributed by atoms with Crippen molar-refractivity contribution in [2.45, 2.75) is 25.9 Å². The summed E-state index contributed by atoms with van der Waals surface area (Å²) in [6, 6.07) is 5.21. The first-order chi connectivity index (χ1) is 11.2. The van der Waals surface area contributed by atoms with Crippen molar-refractivity contribution < 1.29 is 13.9 Å². The van der Waals surface area contributed by atoms with E-state index in [2.05, 4.69) is 15.0 Å². The van der Waals surface area contributed by atoms with E-state index in [1.165, 1.54) is 6.33 Å². The molecule has 23 heavy (non-hydrogen) atoms. The number of halogens is 1. The van der Waals surface area contributed by atoms with E-state index in [0.29, 0.717) is 37.3 Å². The van der Waals surface area contributed by atoms with E-state index < -0.39 is 5.82 Å². The Kier molecular flexibility index (Phi) is 4.45. The van der Waals surface area contributed by atoms with Crippen LogP contribution in [0, 0.1) is 5.82 Å². The van der Waals surface area contributed by atoms with Gasteiger partial charge in [-0.3, -0.25) is 9.78 Å². The Hall–Kier alpha value is -2.57. The maximum absolute atomic E-state index is 14.1. The number of nitrogens with zero attached hydrogens (tertiary/aromatic N) is 4. The fourth-order valence-electron chi connectivity index (χ4n) is 2.53. The van der Waals surface area contributed by atoms with Gasteiger partial charge in [0, 0.05) is 19.2 Å². The number of rotatable bonds is 4. The summed E-state index contributed by atoms with van der Waals surface area (Å²) < 4.78 is 19.7. The summed E-state index contributed by atoms with van der Waals surface area (Å²) in [5.41, 5.74) is 0.726. The van der Waals surface area contributed by atoms with Crippen molar-refractivity contribution in [3.8, 4) is 5.88 Å². The number of amides is 1. The normalized spacial score (nSPS) is 17.3. The number of likely N-dealkylation sites (tertiary alicyclic amines) is 1. The first-order valence-electron chi connectivity index (χ1n) is 7.55. The van der Waals surface area contributed by atoms with Crippen molar-refractivity contribution in [2.75, 3.05) is 13.1 Å². The van der Waals surface area contributed by atoms with Crippen LogP contribution >= 0.6 is 0 Å². The molecule has 1 aliphatic rings. The number of carbonyl (C=O) groups excluding carboxylic acids is 1. The molecule has 0 saturated carbocycles. The highest BCUT2D eigenvalue weighted by atomic mass is 19.1. The molecule has 1 amide bonds. The number of hydrogen-bond acceptors (Lipinski definition) is 5. The minimum atomic E-state index is -0.524. The number of carbonyl (C=O) groups is 1. The molecular formula is C16H17FN4O2. The van der Waals surface area contributed by atoms with Crippen LogP contribution in [0.25, 0.3) is 0 Å². The third-order valence-corrected chi connectivity index (χ3v) is 3.76. The Morgan fingerprint density at radius 2 is 2.26 bits per heavy atom. The van der Waals surface area contributed by atoms with Gasteiger partial charge in [-0.15, -0.1) is 0 Å². The van der Waals surface area contributed by atoms with Crippen LogP contribution in [0.5, 0.6) is 5.88 Å². The summed E-state index contributed by atoms with van der Waals surface area (Å²) in [7, 11) is 0. The van der Waals surface area contributed by atoms with E-state index in [-0.39, 0.29) is 17.9 Å². The predicted octanol–water partition coefficient (Wildman–Crippen LogP) is 1.87. The van der Waals surface area contributed by atoms with E-state index in [1.54, 1.807) is 29.3 Å². The fraction of sp³-hybridized carbons (Fsp3) is 0.375. The molecule has 0 radical (unpaired) electrons. The van der Waals surface area contributed by atoms with Crippen LogP contribution in [0.2, 0.25) is 0 Å². The number of ether oxygens (including phenoxy) is 1. The molecule has 1 aliphatic heterocycles. The second-order valence-electron chi connectivity index (χ2n) is 5.29. The number of aromatic nitrogens is 3. The summed E-state index contributed by atoms with van der Waals surface area (Å²) in [6.07, 6.45) is 3.70. The van der Waals surface area contributed by atoms with Crippen LogP contribution in [0.3, 0.4) is 0 Å². The van der Waals surface area contributed by atoms with E-state index in [0.717, 1.165) is 0 Å². The third kappa shape index (κ3) is 3.28. The lowest BCUT2D eigenvalue weighted by Crippen LogP contribution is -2.31. The van der Waals surface area contributed by atoms with Crippen molar-refractivity contribution in [1.82, 2.24) is 19.9 Å². The second kappa shape index (κ2) is 6.68. The monoisotopic (exact) mass is 316 g/mol. The Balaban J connectivity index is 1.66. The van der Waals surface area contributed by atoms with Crippen molar-refractivity contribution in [3.63, 3.8) is 0 Å². The SMILES string of the molecule is CCc1ncnc(OC2CCN(C(=O)c3ccccn3)C2)c1F. The molecule has 0 aliphatic carbocycles. The summed E-state index contributed by atoms with van der Waals surface area (Å²) >= 11 is 0. The zero-order valence-electron chi connectivity index (χ0n) is 12.8. The maximum atomic E-state index is 14.1. The van der Waals surface area contributed by atoms with Crippen LogP contribution in [0.4, 0.5) is 4.39 Å². The number of pyridine rings is 1.